The predicted molar refractivity (Wildman–Crippen MR) is 112 cm³/mol. The van der Waals surface area contributed by atoms with E-state index >= 15 is 0 Å². The summed E-state index contributed by atoms with van der Waals surface area (Å²) in [6.07, 6.45) is 1.60. The molecule has 1 aromatic carbocycles. The lowest BCUT2D eigenvalue weighted by molar-refractivity contribution is -0.137. The van der Waals surface area contributed by atoms with E-state index in [-0.39, 0.29) is 29.6 Å². The second-order valence-corrected chi connectivity index (χ2v) is 6.50. The number of esters is 1. The first-order valence-electron chi connectivity index (χ1n) is 8.20. The van der Waals surface area contributed by atoms with Gasteiger partial charge in [-0.25, -0.2) is 4.79 Å². The molecule has 3 amide bonds. The molecule has 0 aliphatic heterocycles. The van der Waals surface area contributed by atoms with Crippen molar-refractivity contribution in [2.24, 2.45) is 0 Å². The molecule has 0 aromatic heterocycles. The Morgan fingerprint density at radius 2 is 1.76 bits per heavy atom. The Bertz CT molecular complexity index is 832. The monoisotopic (exact) mass is 460 g/mol. The molecule has 9 nitrogen and oxygen atoms in total. The molecule has 156 valence electrons. The van der Waals surface area contributed by atoms with Crippen molar-refractivity contribution in [2.75, 3.05) is 11.9 Å². The first-order valence-corrected chi connectivity index (χ1v) is 9.37. The fourth-order valence-electron chi connectivity index (χ4n) is 1.74. The first-order chi connectivity index (χ1) is 13.7. The van der Waals surface area contributed by atoms with Crippen LogP contribution in [0.5, 0.6) is 0 Å². The summed E-state index contributed by atoms with van der Waals surface area (Å²) in [7, 11) is 0. The largest absolute Gasteiger partial charge is 0.463 e. The third kappa shape index (κ3) is 10.4. The van der Waals surface area contributed by atoms with E-state index in [0.29, 0.717) is 10.7 Å². The number of hydrogen-bond donors (Lipinski definition) is 4. The molecule has 29 heavy (non-hydrogen) atoms. The summed E-state index contributed by atoms with van der Waals surface area (Å²) in [6.45, 7) is 1.81. The van der Waals surface area contributed by atoms with Gasteiger partial charge < -0.3 is 10.1 Å². The van der Waals surface area contributed by atoms with E-state index in [9.17, 15) is 19.2 Å². The SMILES string of the molecule is CCOC(=O)C=CC(=O)NC(=S)NNC(=O)CCC(=O)Nc1ccc(Cl)cc1Cl. The number of hydrogen-bond acceptors (Lipinski definition) is 6. The zero-order chi connectivity index (χ0) is 21.8. The van der Waals surface area contributed by atoms with Crippen LogP contribution < -0.4 is 21.5 Å². The topological polar surface area (TPSA) is 126 Å². The molecule has 4 N–H and O–H groups in total. The van der Waals surface area contributed by atoms with Gasteiger partial charge in [0.2, 0.25) is 17.7 Å². The maximum atomic E-state index is 11.9. The third-order valence-electron chi connectivity index (χ3n) is 2.99. The van der Waals surface area contributed by atoms with Gasteiger partial charge in [0.25, 0.3) is 0 Å². The van der Waals surface area contributed by atoms with Gasteiger partial charge in [0.05, 0.1) is 17.3 Å². The Hall–Kier alpha value is -2.69. The van der Waals surface area contributed by atoms with Crippen LogP contribution in [0, 0.1) is 0 Å². The van der Waals surface area contributed by atoms with Gasteiger partial charge in [0, 0.05) is 30.0 Å². The fourth-order valence-corrected chi connectivity index (χ4v) is 2.35. The number of amides is 3. The van der Waals surface area contributed by atoms with Crippen molar-refractivity contribution in [3.63, 3.8) is 0 Å². The van der Waals surface area contributed by atoms with Crippen molar-refractivity contribution in [3.05, 3.63) is 40.4 Å². The van der Waals surface area contributed by atoms with Gasteiger partial charge in [-0.2, -0.15) is 0 Å². The average Bonchev–Trinajstić information content (AvgIpc) is 2.65. The van der Waals surface area contributed by atoms with Crippen molar-refractivity contribution >= 4 is 69.9 Å². The van der Waals surface area contributed by atoms with Crippen LogP contribution in [0.2, 0.25) is 10.0 Å². The molecule has 0 aliphatic carbocycles. The van der Waals surface area contributed by atoms with Crippen LogP contribution in [0.3, 0.4) is 0 Å². The maximum absolute atomic E-state index is 11.9. The highest BCUT2D eigenvalue weighted by molar-refractivity contribution is 7.80. The number of hydrazine groups is 1. The molecule has 0 heterocycles. The van der Waals surface area contributed by atoms with Gasteiger partial charge >= 0.3 is 5.97 Å². The Balaban J connectivity index is 2.30. The van der Waals surface area contributed by atoms with Crippen molar-refractivity contribution in [3.8, 4) is 0 Å². The highest BCUT2D eigenvalue weighted by Gasteiger charge is 2.10. The van der Waals surface area contributed by atoms with Gasteiger partial charge in [-0.05, 0) is 37.3 Å². The van der Waals surface area contributed by atoms with Crippen LogP contribution >= 0.6 is 35.4 Å². The highest BCUT2D eigenvalue weighted by Crippen LogP contribution is 2.25. The van der Waals surface area contributed by atoms with Crippen LogP contribution in [0.25, 0.3) is 0 Å². The van der Waals surface area contributed by atoms with Gasteiger partial charge in [0.1, 0.15) is 0 Å². The van der Waals surface area contributed by atoms with Crippen molar-refractivity contribution in [1.82, 2.24) is 16.2 Å². The molecule has 0 aliphatic rings. The van der Waals surface area contributed by atoms with Crippen molar-refractivity contribution in [2.45, 2.75) is 19.8 Å². The summed E-state index contributed by atoms with van der Waals surface area (Å²) in [5.41, 5.74) is 4.90. The van der Waals surface area contributed by atoms with E-state index < -0.39 is 23.7 Å². The number of thiocarbonyl (C=S) groups is 1. The van der Waals surface area contributed by atoms with Crippen LogP contribution in [0.4, 0.5) is 5.69 Å². The lowest BCUT2D eigenvalue weighted by atomic mass is 10.2. The second kappa shape index (κ2) is 12.7. The molecular formula is C17H18Cl2N4O5S. The molecule has 0 saturated carbocycles. The lowest BCUT2D eigenvalue weighted by Crippen LogP contribution is -2.48. The number of rotatable bonds is 7. The molecule has 0 fully saturated rings. The van der Waals surface area contributed by atoms with Crippen LogP contribution in [0.1, 0.15) is 19.8 Å². The third-order valence-corrected chi connectivity index (χ3v) is 3.75. The molecule has 0 spiro atoms. The quantitative estimate of drug-likeness (QED) is 0.211. The number of ether oxygens (including phenoxy) is 1. The van der Waals surface area contributed by atoms with Crippen LogP contribution in [0.15, 0.2) is 30.4 Å². The molecule has 1 aromatic rings. The smallest absolute Gasteiger partial charge is 0.330 e. The normalized spacial score (nSPS) is 10.2. The molecular weight excluding hydrogens is 443 g/mol. The predicted octanol–water partition coefficient (Wildman–Crippen LogP) is 1.85. The maximum Gasteiger partial charge on any atom is 0.330 e. The summed E-state index contributed by atoms with van der Waals surface area (Å²) in [6, 6.07) is 4.59. The van der Waals surface area contributed by atoms with Crippen LogP contribution in [-0.2, 0) is 23.9 Å². The molecule has 12 heteroatoms. The van der Waals surface area contributed by atoms with Gasteiger partial charge in [-0.15, -0.1) is 0 Å². The summed E-state index contributed by atoms with van der Waals surface area (Å²) in [5.74, 6) is -2.33. The summed E-state index contributed by atoms with van der Waals surface area (Å²) in [5, 5.41) is 5.27. The van der Waals surface area contributed by atoms with E-state index in [4.69, 9.17) is 35.4 Å². The summed E-state index contributed by atoms with van der Waals surface area (Å²) < 4.78 is 4.61. The Morgan fingerprint density at radius 3 is 2.41 bits per heavy atom. The minimum Gasteiger partial charge on any atom is -0.463 e. The molecule has 0 bridgehead atoms. The van der Waals surface area contributed by atoms with Crippen molar-refractivity contribution < 1.29 is 23.9 Å². The molecule has 1 rings (SSSR count). The highest BCUT2D eigenvalue weighted by atomic mass is 35.5. The van der Waals surface area contributed by atoms with E-state index in [2.05, 4.69) is 26.2 Å². The Kier molecular flexibility index (Phi) is 10.7. The Labute approximate surface area is 182 Å². The number of nitrogens with one attached hydrogen (secondary N) is 4. The summed E-state index contributed by atoms with van der Waals surface area (Å²) in [4.78, 5) is 46.2. The first kappa shape index (κ1) is 24.3. The van der Waals surface area contributed by atoms with Crippen LogP contribution in [-0.4, -0.2) is 35.4 Å². The zero-order valence-corrected chi connectivity index (χ0v) is 17.5. The molecule has 0 radical (unpaired) electrons. The molecule has 0 atom stereocenters. The van der Waals surface area contributed by atoms with E-state index in [1.807, 2.05) is 0 Å². The van der Waals surface area contributed by atoms with Gasteiger partial charge in [-0.3, -0.25) is 30.6 Å². The fraction of sp³-hybridized carbons (Fsp3) is 0.235. The van der Waals surface area contributed by atoms with E-state index in [1.165, 1.54) is 6.07 Å². The average molecular weight is 461 g/mol. The minimum absolute atomic E-state index is 0.117. The molecule has 0 unspecified atom stereocenters. The summed E-state index contributed by atoms with van der Waals surface area (Å²) >= 11 is 16.5. The number of halogens is 2. The number of benzene rings is 1. The number of anilines is 1. The van der Waals surface area contributed by atoms with Gasteiger partial charge in [0.15, 0.2) is 5.11 Å². The molecule has 0 saturated heterocycles. The van der Waals surface area contributed by atoms with Crippen molar-refractivity contribution in [1.29, 1.82) is 0 Å². The van der Waals surface area contributed by atoms with Gasteiger partial charge in [-0.1, -0.05) is 23.2 Å². The Morgan fingerprint density at radius 1 is 1.07 bits per heavy atom. The number of carbonyl (C=O) groups is 4. The minimum atomic E-state index is -0.691. The lowest BCUT2D eigenvalue weighted by Gasteiger charge is -2.10. The van der Waals surface area contributed by atoms with E-state index in [1.54, 1.807) is 19.1 Å². The standard InChI is InChI=1S/C17H18Cl2N4O5S/c1-2-28-16(27)8-7-14(25)21-17(29)23-22-15(26)6-5-13(24)20-12-4-3-10(18)9-11(12)19/h3-4,7-9H,2,5-6H2,1H3,(H,20,24)(H,22,26)(H2,21,23,25,29). The number of carbonyl (C=O) groups excluding carboxylic acids is 4. The zero-order valence-electron chi connectivity index (χ0n) is 15.2. The van der Waals surface area contributed by atoms with E-state index in [0.717, 1.165) is 12.2 Å². The second-order valence-electron chi connectivity index (χ2n) is 5.25.